The lowest BCUT2D eigenvalue weighted by atomic mass is 9.85. The molecule has 0 aromatic heterocycles. The molecule has 5 heteroatoms. The van der Waals surface area contributed by atoms with Crippen LogP contribution in [0.1, 0.15) is 51.4 Å². The summed E-state index contributed by atoms with van der Waals surface area (Å²) in [6.45, 7) is 1.30. The first-order valence-corrected chi connectivity index (χ1v) is 7.47. The summed E-state index contributed by atoms with van der Waals surface area (Å²) in [5, 5.41) is 3.10. The fraction of sp³-hybridized carbons (Fsp3) is 0.929. The molecule has 3 N–H and O–H groups in total. The van der Waals surface area contributed by atoms with Gasteiger partial charge in [0, 0.05) is 25.9 Å². The summed E-state index contributed by atoms with van der Waals surface area (Å²) in [4.78, 5) is 4.24. The quantitative estimate of drug-likeness (QED) is 0.470. The highest BCUT2D eigenvalue weighted by atomic mass is 19.3. The van der Waals surface area contributed by atoms with Crippen LogP contribution in [0.4, 0.5) is 8.78 Å². The second-order valence-electron chi connectivity index (χ2n) is 6.08. The second-order valence-corrected chi connectivity index (χ2v) is 6.08. The van der Waals surface area contributed by atoms with Gasteiger partial charge in [-0.1, -0.05) is 12.8 Å². The van der Waals surface area contributed by atoms with E-state index < -0.39 is 5.92 Å². The monoisotopic (exact) mass is 273 g/mol. The van der Waals surface area contributed by atoms with Gasteiger partial charge in [-0.3, -0.25) is 4.99 Å². The van der Waals surface area contributed by atoms with E-state index in [1.54, 1.807) is 0 Å². The molecule has 0 spiro atoms. The maximum absolute atomic E-state index is 13.5. The van der Waals surface area contributed by atoms with E-state index in [2.05, 4.69) is 10.3 Å². The maximum atomic E-state index is 13.5. The zero-order valence-corrected chi connectivity index (χ0v) is 11.5. The van der Waals surface area contributed by atoms with Crippen LogP contribution in [0, 0.1) is 11.8 Å². The highest BCUT2D eigenvalue weighted by molar-refractivity contribution is 5.77. The van der Waals surface area contributed by atoms with Crippen LogP contribution in [0.15, 0.2) is 4.99 Å². The number of halogens is 2. The van der Waals surface area contributed by atoms with E-state index in [9.17, 15) is 8.78 Å². The highest BCUT2D eigenvalue weighted by Crippen LogP contribution is 2.35. The number of aliphatic imine (C=N–C) groups is 1. The summed E-state index contributed by atoms with van der Waals surface area (Å²) in [6.07, 6.45) is 6.17. The molecule has 0 bridgehead atoms. The molecule has 2 aliphatic rings. The number of nitrogens with zero attached hydrogens (tertiary/aromatic N) is 1. The number of hydrogen-bond donors (Lipinski definition) is 2. The first kappa shape index (κ1) is 14.5. The van der Waals surface area contributed by atoms with Gasteiger partial charge in [0.15, 0.2) is 5.96 Å². The molecule has 0 radical (unpaired) electrons. The Morgan fingerprint density at radius 1 is 1.16 bits per heavy atom. The van der Waals surface area contributed by atoms with E-state index in [-0.39, 0.29) is 18.8 Å². The molecule has 2 aliphatic carbocycles. The van der Waals surface area contributed by atoms with Crippen LogP contribution in [0.3, 0.4) is 0 Å². The minimum atomic E-state index is -2.51. The molecule has 2 saturated carbocycles. The van der Waals surface area contributed by atoms with Crippen LogP contribution < -0.4 is 11.1 Å². The van der Waals surface area contributed by atoms with Gasteiger partial charge in [0.1, 0.15) is 0 Å². The number of hydrogen-bond acceptors (Lipinski definition) is 1. The van der Waals surface area contributed by atoms with Crippen LogP contribution in [-0.2, 0) is 0 Å². The molecular formula is C14H25F2N3. The first-order chi connectivity index (χ1) is 9.05. The van der Waals surface area contributed by atoms with E-state index in [4.69, 9.17) is 5.73 Å². The zero-order valence-electron chi connectivity index (χ0n) is 11.5. The van der Waals surface area contributed by atoms with Crippen LogP contribution in [0.25, 0.3) is 0 Å². The molecule has 1 atom stereocenters. The van der Waals surface area contributed by atoms with Gasteiger partial charge in [0.05, 0.1) is 0 Å². The van der Waals surface area contributed by atoms with Crippen LogP contribution in [0.2, 0.25) is 0 Å². The van der Waals surface area contributed by atoms with Gasteiger partial charge >= 0.3 is 0 Å². The lowest BCUT2D eigenvalue weighted by molar-refractivity contribution is -0.0241. The van der Waals surface area contributed by atoms with Crippen molar-refractivity contribution in [2.75, 3.05) is 13.1 Å². The Labute approximate surface area is 114 Å². The molecule has 0 amide bonds. The van der Waals surface area contributed by atoms with Crippen LogP contribution in [0.5, 0.6) is 0 Å². The molecule has 0 aliphatic heterocycles. The SMILES string of the molecule is NC(=NCC1CCCCC(F)(F)C1)NCC1CCC1. The smallest absolute Gasteiger partial charge is 0.248 e. The minimum absolute atomic E-state index is 0.0263. The van der Waals surface area contributed by atoms with Crippen molar-refractivity contribution in [3.63, 3.8) is 0 Å². The largest absolute Gasteiger partial charge is 0.370 e. The average molecular weight is 273 g/mol. The number of alkyl halides is 2. The Bertz CT molecular complexity index is 314. The van der Waals surface area contributed by atoms with Gasteiger partial charge in [-0.25, -0.2) is 8.78 Å². The molecule has 0 heterocycles. The van der Waals surface area contributed by atoms with Gasteiger partial charge in [0.2, 0.25) is 5.92 Å². The predicted octanol–water partition coefficient (Wildman–Crippen LogP) is 2.91. The van der Waals surface area contributed by atoms with Crippen molar-refractivity contribution in [2.24, 2.45) is 22.6 Å². The molecule has 2 rings (SSSR count). The molecule has 1 unspecified atom stereocenters. The molecule has 110 valence electrons. The average Bonchev–Trinajstić information content (AvgIpc) is 2.45. The maximum Gasteiger partial charge on any atom is 0.248 e. The number of guanidine groups is 1. The van der Waals surface area contributed by atoms with E-state index in [1.165, 1.54) is 19.3 Å². The Morgan fingerprint density at radius 2 is 1.89 bits per heavy atom. The van der Waals surface area contributed by atoms with Crippen molar-refractivity contribution in [3.05, 3.63) is 0 Å². The third-order valence-electron chi connectivity index (χ3n) is 4.31. The summed E-state index contributed by atoms with van der Waals surface area (Å²) in [5.41, 5.74) is 5.78. The third kappa shape index (κ3) is 4.96. The van der Waals surface area contributed by atoms with Crippen molar-refractivity contribution in [1.82, 2.24) is 5.32 Å². The summed E-state index contributed by atoms with van der Waals surface area (Å²) >= 11 is 0. The minimum Gasteiger partial charge on any atom is -0.370 e. The van der Waals surface area contributed by atoms with Gasteiger partial charge < -0.3 is 11.1 Å². The van der Waals surface area contributed by atoms with E-state index in [1.807, 2.05) is 0 Å². The van der Waals surface area contributed by atoms with E-state index in [0.29, 0.717) is 18.9 Å². The summed E-state index contributed by atoms with van der Waals surface area (Å²) < 4.78 is 26.9. The molecule has 3 nitrogen and oxygen atoms in total. The summed E-state index contributed by atoms with van der Waals surface area (Å²) in [7, 11) is 0. The van der Waals surface area contributed by atoms with Gasteiger partial charge in [-0.15, -0.1) is 0 Å². The Morgan fingerprint density at radius 3 is 2.58 bits per heavy atom. The van der Waals surface area contributed by atoms with Gasteiger partial charge in [0.25, 0.3) is 0 Å². The van der Waals surface area contributed by atoms with Crippen molar-refractivity contribution in [2.45, 2.75) is 57.3 Å². The van der Waals surface area contributed by atoms with Gasteiger partial charge in [-0.2, -0.15) is 0 Å². The van der Waals surface area contributed by atoms with Crippen molar-refractivity contribution >= 4 is 5.96 Å². The second kappa shape index (κ2) is 6.53. The Balaban J connectivity index is 1.72. The Kier molecular flexibility index (Phi) is 4.99. The van der Waals surface area contributed by atoms with E-state index in [0.717, 1.165) is 25.3 Å². The number of nitrogens with two attached hydrogens (primary N) is 1. The summed E-state index contributed by atoms with van der Waals surface area (Å²) in [5.74, 6) is -1.40. The van der Waals surface area contributed by atoms with Crippen LogP contribution >= 0.6 is 0 Å². The molecule has 0 aromatic rings. The third-order valence-corrected chi connectivity index (χ3v) is 4.31. The lowest BCUT2D eigenvalue weighted by Crippen LogP contribution is -2.37. The van der Waals surface area contributed by atoms with Gasteiger partial charge in [-0.05, 0) is 37.5 Å². The molecule has 0 saturated heterocycles. The topological polar surface area (TPSA) is 50.4 Å². The Hall–Kier alpha value is -0.870. The molecular weight excluding hydrogens is 248 g/mol. The van der Waals surface area contributed by atoms with Crippen molar-refractivity contribution < 1.29 is 8.78 Å². The number of rotatable bonds is 4. The zero-order chi connectivity index (χ0) is 13.7. The number of nitrogens with one attached hydrogen (secondary N) is 1. The molecule has 2 fully saturated rings. The fourth-order valence-corrected chi connectivity index (χ4v) is 2.83. The molecule has 0 aromatic carbocycles. The van der Waals surface area contributed by atoms with Crippen molar-refractivity contribution in [3.8, 4) is 0 Å². The normalized spacial score (nSPS) is 28.5. The predicted molar refractivity (Wildman–Crippen MR) is 73.4 cm³/mol. The van der Waals surface area contributed by atoms with E-state index >= 15 is 0 Å². The summed E-state index contributed by atoms with van der Waals surface area (Å²) in [6, 6.07) is 0. The fourth-order valence-electron chi connectivity index (χ4n) is 2.83. The highest BCUT2D eigenvalue weighted by Gasteiger charge is 2.34. The lowest BCUT2D eigenvalue weighted by Gasteiger charge is -2.25. The first-order valence-electron chi connectivity index (χ1n) is 7.47. The molecule has 19 heavy (non-hydrogen) atoms. The van der Waals surface area contributed by atoms with Crippen LogP contribution in [-0.4, -0.2) is 25.0 Å². The van der Waals surface area contributed by atoms with Crippen molar-refractivity contribution in [1.29, 1.82) is 0 Å². The standard InChI is InChI=1S/C14H25F2N3/c15-14(16)7-2-1-4-12(8-14)10-19-13(17)18-9-11-5-3-6-11/h11-12H,1-10H2,(H3,17,18,19).